The Bertz CT molecular complexity index is 318. The van der Waals surface area contributed by atoms with Crippen molar-refractivity contribution in [3.63, 3.8) is 0 Å². The predicted molar refractivity (Wildman–Crippen MR) is 74.4 cm³/mol. The molecule has 1 N–H and O–H groups in total. The summed E-state index contributed by atoms with van der Waals surface area (Å²) in [7, 11) is 3.62. The SMILES string of the molecule is CN=C(NCCCOCC(F)(F)F)N(C)CC1CCOC1. The number of nitrogens with zero attached hydrogens (tertiary/aromatic N) is 2. The minimum Gasteiger partial charge on any atom is -0.381 e. The smallest absolute Gasteiger partial charge is 0.381 e. The van der Waals surface area contributed by atoms with Crippen molar-refractivity contribution in [2.75, 3.05) is 53.6 Å². The molecule has 124 valence electrons. The molecule has 0 aromatic heterocycles. The lowest BCUT2D eigenvalue weighted by atomic mass is 10.1. The summed E-state index contributed by atoms with van der Waals surface area (Å²) in [5, 5.41) is 3.11. The molecular formula is C13H24F3N3O2. The van der Waals surface area contributed by atoms with Gasteiger partial charge in [-0.2, -0.15) is 13.2 Å². The number of halogens is 3. The third-order valence-electron chi connectivity index (χ3n) is 3.14. The van der Waals surface area contributed by atoms with Crippen molar-refractivity contribution in [3.05, 3.63) is 0 Å². The average molecular weight is 311 g/mol. The highest BCUT2D eigenvalue weighted by Gasteiger charge is 2.27. The first-order valence-electron chi connectivity index (χ1n) is 7.06. The van der Waals surface area contributed by atoms with Gasteiger partial charge in [0.15, 0.2) is 5.96 Å². The van der Waals surface area contributed by atoms with Crippen LogP contribution in [0.5, 0.6) is 0 Å². The van der Waals surface area contributed by atoms with Crippen LogP contribution in [0.4, 0.5) is 13.2 Å². The first-order chi connectivity index (χ1) is 9.92. The number of hydrogen-bond acceptors (Lipinski definition) is 3. The normalized spacial score (nSPS) is 19.9. The van der Waals surface area contributed by atoms with Crippen molar-refractivity contribution in [3.8, 4) is 0 Å². The number of guanidine groups is 1. The fourth-order valence-electron chi connectivity index (χ4n) is 2.15. The Morgan fingerprint density at radius 1 is 1.48 bits per heavy atom. The molecule has 0 saturated carbocycles. The fourth-order valence-corrected chi connectivity index (χ4v) is 2.15. The molecule has 1 unspecified atom stereocenters. The van der Waals surface area contributed by atoms with Gasteiger partial charge in [-0.25, -0.2) is 0 Å². The first kappa shape index (κ1) is 18.0. The molecule has 1 aliphatic rings. The van der Waals surface area contributed by atoms with Crippen LogP contribution in [0.15, 0.2) is 4.99 Å². The summed E-state index contributed by atoms with van der Waals surface area (Å²) in [5.74, 6) is 1.24. The van der Waals surface area contributed by atoms with Crippen molar-refractivity contribution in [2.24, 2.45) is 10.9 Å². The summed E-state index contributed by atoms with van der Waals surface area (Å²) in [5.41, 5.74) is 0. The Balaban J connectivity index is 2.13. The minimum atomic E-state index is -4.26. The second kappa shape index (κ2) is 9.09. The van der Waals surface area contributed by atoms with Crippen molar-refractivity contribution < 1.29 is 22.6 Å². The van der Waals surface area contributed by atoms with Gasteiger partial charge in [-0.1, -0.05) is 0 Å². The molecule has 1 heterocycles. The van der Waals surface area contributed by atoms with E-state index in [4.69, 9.17) is 4.74 Å². The third-order valence-corrected chi connectivity index (χ3v) is 3.14. The topological polar surface area (TPSA) is 46.1 Å². The molecule has 0 aliphatic carbocycles. The number of ether oxygens (including phenoxy) is 2. The summed E-state index contributed by atoms with van der Waals surface area (Å²) < 4.78 is 45.5. The van der Waals surface area contributed by atoms with Crippen LogP contribution >= 0.6 is 0 Å². The standard InChI is InChI=1S/C13H24F3N3O2/c1-17-12(19(2)8-11-4-7-20-9-11)18-5-3-6-21-10-13(14,15)16/h11H,3-10H2,1-2H3,(H,17,18). The summed E-state index contributed by atoms with van der Waals surface area (Å²) in [6, 6.07) is 0. The summed E-state index contributed by atoms with van der Waals surface area (Å²) >= 11 is 0. The van der Waals surface area contributed by atoms with Crippen LogP contribution in [0.3, 0.4) is 0 Å². The highest BCUT2D eigenvalue weighted by Crippen LogP contribution is 2.14. The highest BCUT2D eigenvalue weighted by atomic mass is 19.4. The molecule has 0 aromatic rings. The lowest BCUT2D eigenvalue weighted by Crippen LogP contribution is -2.42. The average Bonchev–Trinajstić information content (AvgIpc) is 2.89. The van der Waals surface area contributed by atoms with E-state index < -0.39 is 12.8 Å². The van der Waals surface area contributed by atoms with Crippen LogP contribution in [-0.2, 0) is 9.47 Å². The van der Waals surface area contributed by atoms with Crippen LogP contribution < -0.4 is 5.32 Å². The maximum atomic E-state index is 11.9. The minimum absolute atomic E-state index is 0.0731. The van der Waals surface area contributed by atoms with Gasteiger partial charge in [0.05, 0.1) is 6.61 Å². The van der Waals surface area contributed by atoms with Gasteiger partial charge < -0.3 is 19.7 Å². The van der Waals surface area contributed by atoms with Gasteiger partial charge in [-0.05, 0) is 12.8 Å². The second-order valence-corrected chi connectivity index (χ2v) is 5.11. The van der Waals surface area contributed by atoms with Crippen LogP contribution in [0, 0.1) is 5.92 Å². The van der Waals surface area contributed by atoms with Crippen molar-refractivity contribution in [1.82, 2.24) is 10.2 Å². The van der Waals surface area contributed by atoms with E-state index in [2.05, 4.69) is 15.0 Å². The fraction of sp³-hybridized carbons (Fsp3) is 0.923. The maximum absolute atomic E-state index is 11.9. The van der Waals surface area contributed by atoms with Gasteiger partial charge in [-0.15, -0.1) is 0 Å². The molecular weight excluding hydrogens is 287 g/mol. The van der Waals surface area contributed by atoms with Crippen LogP contribution in [0.2, 0.25) is 0 Å². The Kier molecular flexibility index (Phi) is 7.81. The second-order valence-electron chi connectivity index (χ2n) is 5.11. The van der Waals surface area contributed by atoms with Gasteiger partial charge >= 0.3 is 6.18 Å². The van der Waals surface area contributed by atoms with E-state index in [-0.39, 0.29) is 6.61 Å². The number of alkyl halides is 3. The molecule has 1 saturated heterocycles. The van der Waals surface area contributed by atoms with Gasteiger partial charge in [0.25, 0.3) is 0 Å². The van der Waals surface area contributed by atoms with E-state index in [1.54, 1.807) is 7.05 Å². The molecule has 5 nitrogen and oxygen atoms in total. The zero-order chi connectivity index (χ0) is 15.7. The highest BCUT2D eigenvalue weighted by molar-refractivity contribution is 5.79. The zero-order valence-corrected chi connectivity index (χ0v) is 12.6. The molecule has 0 amide bonds. The molecule has 0 aromatic carbocycles. The summed E-state index contributed by atoms with van der Waals surface area (Å²) in [4.78, 5) is 6.17. The largest absolute Gasteiger partial charge is 0.411 e. The van der Waals surface area contributed by atoms with Crippen LogP contribution in [0.25, 0.3) is 0 Å². The molecule has 8 heteroatoms. The molecule has 1 rings (SSSR count). The van der Waals surface area contributed by atoms with Crippen molar-refractivity contribution in [1.29, 1.82) is 0 Å². The monoisotopic (exact) mass is 311 g/mol. The molecule has 1 atom stereocenters. The van der Waals surface area contributed by atoms with Gasteiger partial charge in [0.1, 0.15) is 6.61 Å². The third kappa shape index (κ3) is 8.11. The Morgan fingerprint density at radius 2 is 2.24 bits per heavy atom. The van der Waals surface area contributed by atoms with Gasteiger partial charge in [0.2, 0.25) is 0 Å². The van der Waals surface area contributed by atoms with Gasteiger partial charge in [-0.3, -0.25) is 4.99 Å². The van der Waals surface area contributed by atoms with E-state index in [1.165, 1.54) is 0 Å². The van der Waals surface area contributed by atoms with Crippen molar-refractivity contribution in [2.45, 2.75) is 19.0 Å². The van der Waals surface area contributed by atoms with Crippen LogP contribution in [0.1, 0.15) is 12.8 Å². The van der Waals surface area contributed by atoms with Crippen molar-refractivity contribution >= 4 is 5.96 Å². The predicted octanol–water partition coefficient (Wildman–Crippen LogP) is 1.50. The Morgan fingerprint density at radius 3 is 2.81 bits per heavy atom. The molecule has 1 aliphatic heterocycles. The van der Waals surface area contributed by atoms with E-state index in [1.807, 2.05) is 11.9 Å². The molecule has 0 radical (unpaired) electrons. The zero-order valence-electron chi connectivity index (χ0n) is 12.6. The van der Waals surface area contributed by atoms with E-state index in [9.17, 15) is 13.2 Å². The summed E-state index contributed by atoms with van der Waals surface area (Å²) in [6.07, 6.45) is -2.71. The molecule has 21 heavy (non-hydrogen) atoms. The molecule has 0 spiro atoms. The van der Waals surface area contributed by atoms with E-state index in [0.29, 0.717) is 18.9 Å². The molecule has 0 bridgehead atoms. The molecule has 1 fully saturated rings. The first-order valence-corrected chi connectivity index (χ1v) is 7.06. The van der Waals surface area contributed by atoms with Crippen LogP contribution in [-0.4, -0.2) is 70.6 Å². The van der Waals surface area contributed by atoms with Gasteiger partial charge in [0, 0.05) is 46.3 Å². The number of nitrogens with one attached hydrogen (secondary N) is 1. The summed E-state index contributed by atoms with van der Waals surface area (Å²) in [6.45, 7) is 1.83. The quantitative estimate of drug-likeness (QED) is 0.440. The lowest BCUT2D eigenvalue weighted by molar-refractivity contribution is -0.173. The maximum Gasteiger partial charge on any atom is 0.411 e. The Hall–Kier alpha value is -1.02. The number of aliphatic imine (C=N–C) groups is 1. The number of hydrogen-bond donors (Lipinski definition) is 1. The van der Waals surface area contributed by atoms with E-state index >= 15 is 0 Å². The number of rotatable bonds is 7. The lowest BCUT2D eigenvalue weighted by Gasteiger charge is -2.24. The van der Waals surface area contributed by atoms with E-state index in [0.717, 1.165) is 32.1 Å². The Labute approximate surface area is 123 Å².